The standard InChI is InChI=1S/C9H6BrClN2/c10-6-4-13-9(11)5-2-1-3-7(12)8(5)6/h1-4H,12H2. The van der Waals surface area contributed by atoms with E-state index in [1.54, 1.807) is 6.20 Å². The number of nitrogens with zero attached hydrogens (tertiary/aromatic N) is 1. The number of anilines is 1. The SMILES string of the molecule is Nc1cccc2c(Cl)ncc(Br)c12. The van der Waals surface area contributed by atoms with E-state index in [1.807, 2.05) is 18.2 Å². The zero-order chi connectivity index (χ0) is 9.42. The summed E-state index contributed by atoms with van der Waals surface area (Å²) in [6, 6.07) is 5.59. The van der Waals surface area contributed by atoms with Crippen LogP contribution in [0, 0.1) is 0 Å². The first-order valence-electron chi connectivity index (χ1n) is 3.68. The van der Waals surface area contributed by atoms with Gasteiger partial charge in [0.05, 0.1) is 0 Å². The second-order valence-electron chi connectivity index (χ2n) is 2.67. The fraction of sp³-hybridized carbons (Fsp3) is 0. The highest BCUT2D eigenvalue weighted by molar-refractivity contribution is 9.10. The molecule has 2 aromatic rings. The molecule has 13 heavy (non-hydrogen) atoms. The normalized spacial score (nSPS) is 10.6. The van der Waals surface area contributed by atoms with E-state index in [4.69, 9.17) is 17.3 Å². The third-order valence-corrected chi connectivity index (χ3v) is 2.75. The molecule has 0 bridgehead atoms. The first-order chi connectivity index (χ1) is 6.20. The van der Waals surface area contributed by atoms with Crippen LogP contribution in [0.25, 0.3) is 10.8 Å². The fourth-order valence-electron chi connectivity index (χ4n) is 1.26. The van der Waals surface area contributed by atoms with Gasteiger partial charge in [0.15, 0.2) is 0 Å². The lowest BCUT2D eigenvalue weighted by molar-refractivity contribution is 1.35. The van der Waals surface area contributed by atoms with Crippen LogP contribution in [0.4, 0.5) is 5.69 Å². The van der Waals surface area contributed by atoms with Crippen LogP contribution in [-0.2, 0) is 0 Å². The zero-order valence-corrected chi connectivity index (χ0v) is 8.93. The Morgan fingerprint density at radius 2 is 2.15 bits per heavy atom. The number of fused-ring (bicyclic) bond motifs is 1. The van der Waals surface area contributed by atoms with Crippen molar-refractivity contribution in [1.82, 2.24) is 4.98 Å². The molecule has 0 amide bonds. The molecule has 2 nitrogen and oxygen atoms in total. The molecule has 0 aliphatic carbocycles. The summed E-state index contributed by atoms with van der Waals surface area (Å²) in [5, 5.41) is 2.27. The predicted molar refractivity (Wildman–Crippen MR) is 58.9 cm³/mol. The number of aromatic nitrogens is 1. The topological polar surface area (TPSA) is 38.9 Å². The van der Waals surface area contributed by atoms with Gasteiger partial charge in [0, 0.05) is 27.1 Å². The lowest BCUT2D eigenvalue weighted by Crippen LogP contribution is -1.89. The molecule has 0 unspecified atom stereocenters. The van der Waals surface area contributed by atoms with Gasteiger partial charge in [-0.1, -0.05) is 23.7 Å². The summed E-state index contributed by atoms with van der Waals surface area (Å²) in [5.41, 5.74) is 6.51. The molecule has 1 aromatic carbocycles. The van der Waals surface area contributed by atoms with E-state index in [2.05, 4.69) is 20.9 Å². The maximum absolute atomic E-state index is 5.91. The minimum atomic E-state index is 0.477. The summed E-state index contributed by atoms with van der Waals surface area (Å²) < 4.78 is 0.866. The van der Waals surface area contributed by atoms with E-state index in [1.165, 1.54) is 0 Å². The second-order valence-corrected chi connectivity index (χ2v) is 3.88. The van der Waals surface area contributed by atoms with Crippen molar-refractivity contribution in [2.75, 3.05) is 5.73 Å². The van der Waals surface area contributed by atoms with Gasteiger partial charge in [-0.2, -0.15) is 0 Å². The Hall–Kier alpha value is -0.800. The van der Waals surface area contributed by atoms with Crippen LogP contribution in [0.3, 0.4) is 0 Å². The Labute approximate surface area is 88.8 Å². The van der Waals surface area contributed by atoms with Gasteiger partial charge in [0.25, 0.3) is 0 Å². The Balaban J connectivity index is 3.00. The van der Waals surface area contributed by atoms with Gasteiger partial charge in [-0.25, -0.2) is 4.98 Å². The molecule has 4 heteroatoms. The van der Waals surface area contributed by atoms with E-state index >= 15 is 0 Å². The summed E-state index contributed by atoms with van der Waals surface area (Å²) in [7, 11) is 0. The average Bonchev–Trinajstić information content (AvgIpc) is 2.12. The highest BCUT2D eigenvalue weighted by Crippen LogP contribution is 2.31. The van der Waals surface area contributed by atoms with Gasteiger partial charge in [0.2, 0.25) is 0 Å². The Morgan fingerprint density at radius 3 is 2.85 bits per heavy atom. The summed E-state index contributed by atoms with van der Waals surface area (Å²) >= 11 is 9.29. The number of hydrogen-bond acceptors (Lipinski definition) is 2. The number of nitrogen functional groups attached to an aromatic ring is 1. The van der Waals surface area contributed by atoms with E-state index in [0.717, 1.165) is 15.2 Å². The van der Waals surface area contributed by atoms with Crippen LogP contribution in [0.5, 0.6) is 0 Å². The van der Waals surface area contributed by atoms with Crippen LogP contribution < -0.4 is 5.73 Å². The molecule has 2 rings (SSSR count). The summed E-state index contributed by atoms with van der Waals surface area (Å²) in [5.74, 6) is 0. The Morgan fingerprint density at radius 1 is 1.38 bits per heavy atom. The van der Waals surface area contributed by atoms with Gasteiger partial charge in [0.1, 0.15) is 5.15 Å². The van der Waals surface area contributed by atoms with Crippen molar-refractivity contribution < 1.29 is 0 Å². The quantitative estimate of drug-likeness (QED) is 0.581. The summed E-state index contributed by atoms with van der Waals surface area (Å²) in [4.78, 5) is 4.01. The van der Waals surface area contributed by atoms with Crippen molar-refractivity contribution in [3.63, 3.8) is 0 Å². The van der Waals surface area contributed by atoms with Crippen molar-refractivity contribution >= 4 is 44.0 Å². The molecule has 0 saturated heterocycles. The first-order valence-corrected chi connectivity index (χ1v) is 4.85. The van der Waals surface area contributed by atoms with Crippen molar-refractivity contribution in [2.45, 2.75) is 0 Å². The van der Waals surface area contributed by atoms with E-state index in [9.17, 15) is 0 Å². The molecule has 2 N–H and O–H groups in total. The number of pyridine rings is 1. The van der Waals surface area contributed by atoms with Gasteiger partial charge in [-0.3, -0.25) is 0 Å². The van der Waals surface area contributed by atoms with Gasteiger partial charge >= 0.3 is 0 Å². The third-order valence-electron chi connectivity index (χ3n) is 1.85. The third kappa shape index (κ3) is 1.38. The van der Waals surface area contributed by atoms with Crippen LogP contribution in [0.15, 0.2) is 28.9 Å². The molecular weight excluding hydrogens is 251 g/mol. The predicted octanol–water partition coefficient (Wildman–Crippen LogP) is 3.23. The van der Waals surface area contributed by atoms with Crippen molar-refractivity contribution in [1.29, 1.82) is 0 Å². The molecule has 0 aliphatic heterocycles. The van der Waals surface area contributed by atoms with Gasteiger partial charge in [-0.15, -0.1) is 0 Å². The highest BCUT2D eigenvalue weighted by atomic mass is 79.9. The summed E-state index contributed by atoms with van der Waals surface area (Å²) in [6.45, 7) is 0. The average molecular weight is 258 g/mol. The Kier molecular flexibility index (Phi) is 2.14. The van der Waals surface area contributed by atoms with E-state index in [-0.39, 0.29) is 0 Å². The number of halogens is 2. The number of rotatable bonds is 0. The summed E-state index contributed by atoms with van der Waals surface area (Å²) in [6.07, 6.45) is 1.65. The molecule has 1 heterocycles. The number of hydrogen-bond donors (Lipinski definition) is 1. The van der Waals surface area contributed by atoms with Crippen LogP contribution >= 0.6 is 27.5 Å². The van der Waals surface area contributed by atoms with E-state index in [0.29, 0.717) is 10.8 Å². The van der Waals surface area contributed by atoms with Crippen LogP contribution in [0.1, 0.15) is 0 Å². The first kappa shape index (κ1) is 8.78. The highest BCUT2D eigenvalue weighted by Gasteiger charge is 2.05. The number of nitrogens with two attached hydrogens (primary N) is 1. The molecule has 0 saturated carbocycles. The smallest absolute Gasteiger partial charge is 0.136 e. The van der Waals surface area contributed by atoms with Crippen molar-refractivity contribution in [2.24, 2.45) is 0 Å². The molecule has 0 atom stereocenters. The lowest BCUT2D eigenvalue weighted by atomic mass is 10.1. The molecule has 1 aromatic heterocycles. The number of benzene rings is 1. The fourth-order valence-corrected chi connectivity index (χ4v) is 2.01. The molecule has 0 radical (unpaired) electrons. The molecule has 66 valence electrons. The van der Waals surface area contributed by atoms with Crippen LogP contribution in [0.2, 0.25) is 5.15 Å². The van der Waals surface area contributed by atoms with Crippen molar-refractivity contribution in [3.8, 4) is 0 Å². The van der Waals surface area contributed by atoms with Crippen molar-refractivity contribution in [3.05, 3.63) is 34.0 Å². The van der Waals surface area contributed by atoms with E-state index < -0.39 is 0 Å². The zero-order valence-electron chi connectivity index (χ0n) is 6.59. The monoisotopic (exact) mass is 256 g/mol. The molecule has 0 aliphatic rings. The molecule has 0 spiro atoms. The lowest BCUT2D eigenvalue weighted by Gasteiger charge is -2.04. The minimum absolute atomic E-state index is 0.477. The molecule has 0 fully saturated rings. The Bertz CT molecular complexity index is 462. The van der Waals surface area contributed by atoms with Crippen LogP contribution in [-0.4, -0.2) is 4.98 Å². The van der Waals surface area contributed by atoms with Gasteiger partial charge < -0.3 is 5.73 Å². The largest absolute Gasteiger partial charge is 0.398 e. The molecular formula is C9H6BrClN2. The maximum Gasteiger partial charge on any atom is 0.136 e. The maximum atomic E-state index is 5.91. The second kappa shape index (κ2) is 3.16. The van der Waals surface area contributed by atoms with Gasteiger partial charge in [-0.05, 0) is 22.0 Å². The minimum Gasteiger partial charge on any atom is -0.398 e.